The van der Waals surface area contributed by atoms with Crippen LogP contribution in [-0.2, 0) is 14.3 Å². The van der Waals surface area contributed by atoms with E-state index in [-0.39, 0.29) is 0 Å². The van der Waals surface area contributed by atoms with Gasteiger partial charge in [-0.25, -0.2) is 4.79 Å². The SMILES string of the molecule is O=C(O)CC(O)C(=O)O.OC[C@H]1O[C@@H](O)[C@H](O)[C@@H]1O. The molecule has 19 heavy (non-hydrogen) atoms. The number of hydrogen-bond acceptors (Lipinski definition) is 8. The van der Waals surface area contributed by atoms with Crippen molar-refractivity contribution in [1.82, 2.24) is 0 Å². The van der Waals surface area contributed by atoms with Crippen molar-refractivity contribution in [3.8, 4) is 0 Å². The number of hydrogen-bond donors (Lipinski definition) is 7. The molecule has 1 rings (SSSR count). The van der Waals surface area contributed by atoms with Crippen LogP contribution in [0, 0.1) is 0 Å². The van der Waals surface area contributed by atoms with Crippen LogP contribution in [0.2, 0.25) is 0 Å². The first-order valence-electron chi connectivity index (χ1n) is 5.13. The van der Waals surface area contributed by atoms with Crippen LogP contribution < -0.4 is 0 Å². The Labute approximate surface area is 107 Å². The van der Waals surface area contributed by atoms with Crippen molar-refractivity contribution in [3.05, 3.63) is 0 Å². The zero-order chi connectivity index (χ0) is 15.2. The molecular formula is C9H16O10. The molecule has 0 spiro atoms. The van der Waals surface area contributed by atoms with Crippen LogP contribution in [-0.4, -0.2) is 85.0 Å². The van der Waals surface area contributed by atoms with Gasteiger partial charge in [0.25, 0.3) is 0 Å². The van der Waals surface area contributed by atoms with E-state index in [9.17, 15) is 9.59 Å². The Kier molecular flexibility index (Phi) is 7.44. The van der Waals surface area contributed by atoms with E-state index in [1.807, 2.05) is 0 Å². The van der Waals surface area contributed by atoms with Gasteiger partial charge in [-0.2, -0.15) is 0 Å². The highest BCUT2D eigenvalue weighted by Crippen LogP contribution is 2.18. The maximum absolute atomic E-state index is 9.72. The van der Waals surface area contributed by atoms with Crippen molar-refractivity contribution in [2.75, 3.05) is 6.61 Å². The summed E-state index contributed by atoms with van der Waals surface area (Å²) >= 11 is 0. The Morgan fingerprint density at radius 3 is 1.79 bits per heavy atom. The zero-order valence-electron chi connectivity index (χ0n) is 9.66. The first kappa shape index (κ1) is 17.7. The van der Waals surface area contributed by atoms with Gasteiger partial charge in [0.2, 0.25) is 0 Å². The molecule has 1 fully saturated rings. The molecule has 1 unspecified atom stereocenters. The van der Waals surface area contributed by atoms with Gasteiger partial charge in [-0.3, -0.25) is 4.79 Å². The molecule has 0 aromatic heterocycles. The first-order chi connectivity index (χ1) is 8.70. The smallest absolute Gasteiger partial charge is 0.333 e. The topological polar surface area (TPSA) is 185 Å². The Balaban J connectivity index is 0.000000344. The van der Waals surface area contributed by atoms with E-state index in [4.69, 9.17) is 35.7 Å². The Morgan fingerprint density at radius 2 is 1.63 bits per heavy atom. The van der Waals surface area contributed by atoms with Crippen LogP contribution in [0.5, 0.6) is 0 Å². The summed E-state index contributed by atoms with van der Waals surface area (Å²) in [5.74, 6) is -2.85. The molecule has 0 radical (unpaired) electrons. The van der Waals surface area contributed by atoms with Gasteiger partial charge in [0, 0.05) is 0 Å². The third kappa shape index (κ3) is 5.92. The van der Waals surface area contributed by atoms with Crippen LogP contribution in [0.4, 0.5) is 0 Å². The number of carboxylic acids is 2. The summed E-state index contributed by atoms with van der Waals surface area (Å²) in [5, 5.41) is 59.1. The van der Waals surface area contributed by atoms with Crippen LogP contribution in [0.1, 0.15) is 6.42 Å². The highest BCUT2D eigenvalue weighted by Gasteiger charge is 2.41. The fourth-order valence-electron chi connectivity index (χ4n) is 1.13. The van der Waals surface area contributed by atoms with Crippen LogP contribution >= 0.6 is 0 Å². The van der Waals surface area contributed by atoms with E-state index in [1.165, 1.54) is 0 Å². The summed E-state index contributed by atoms with van der Waals surface area (Å²) in [5.41, 5.74) is 0. The number of carboxylic acid groups (broad SMARTS) is 2. The van der Waals surface area contributed by atoms with Crippen molar-refractivity contribution >= 4 is 11.9 Å². The Morgan fingerprint density at radius 1 is 1.11 bits per heavy atom. The van der Waals surface area contributed by atoms with Crippen LogP contribution in [0.3, 0.4) is 0 Å². The summed E-state index contributed by atoms with van der Waals surface area (Å²) < 4.78 is 4.54. The molecular weight excluding hydrogens is 268 g/mol. The lowest BCUT2D eigenvalue weighted by molar-refractivity contribution is -0.152. The average Bonchev–Trinajstić information content (AvgIpc) is 2.56. The van der Waals surface area contributed by atoms with Crippen molar-refractivity contribution in [1.29, 1.82) is 0 Å². The largest absolute Gasteiger partial charge is 0.481 e. The molecule has 5 atom stereocenters. The fourth-order valence-corrected chi connectivity index (χ4v) is 1.13. The van der Waals surface area contributed by atoms with E-state index < -0.39 is 55.7 Å². The summed E-state index contributed by atoms with van der Waals surface area (Å²) in [4.78, 5) is 19.4. The van der Waals surface area contributed by atoms with E-state index in [0.717, 1.165) is 0 Å². The minimum Gasteiger partial charge on any atom is -0.481 e. The molecule has 1 heterocycles. The number of ether oxygens (including phenoxy) is 1. The number of aliphatic hydroxyl groups is 5. The minimum atomic E-state index is -1.79. The highest BCUT2D eigenvalue weighted by molar-refractivity contribution is 5.79. The normalized spacial score (nSPS) is 31.2. The lowest BCUT2D eigenvalue weighted by Gasteiger charge is -2.09. The monoisotopic (exact) mass is 284 g/mol. The molecule has 1 aliphatic rings. The maximum Gasteiger partial charge on any atom is 0.333 e. The molecule has 112 valence electrons. The summed E-state index contributed by atoms with van der Waals surface area (Å²) in [6.07, 6.45) is -7.30. The fraction of sp³-hybridized carbons (Fsp3) is 0.778. The summed E-state index contributed by atoms with van der Waals surface area (Å²) in [7, 11) is 0. The quantitative estimate of drug-likeness (QED) is 0.271. The summed E-state index contributed by atoms with van der Waals surface area (Å²) in [6, 6.07) is 0. The van der Waals surface area contributed by atoms with Crippen molar-refractivity contribution in [2.45, 2.75) is 37.1 Å². The second-order valence-electron chi connectivity index (χ2n) is 3.68. The molecule has 1 saturated heterocycles. The van der Waals surface area contributed by atoms with Crippen LogP contribution in [0.15, 0.2) is 0 Å². The van der Waals surface area contributed by atoms with Crippen molar-refractivity contribution in [3.63, 3.8) is 0 Å². The molecule has 7 N–H and O–H groups in total. The molecule has 0 aliphatic carbocycles. The van der Waals surface area contributed by atoms with Gasteiger partial charge in [-0.05, 0) is 0 Å². The van der Waals surface area contributed by atoms with Crippen molar-refractivity contribution < 1.29 is 50.1 Å². The predicted octanol–water partition coefficient (Wildman–Crippen LogP) is -3.68. The second-order valence-corrected chi connectivity index (χ2v) is 3.68. The zero-order valence-corrected chi connectivity index (χ0v) is 9.66. The van der Waals surface area contributed by atoms with Gasteiger partial charge < -0.3 is 40.5 Å². The van der Waals surface area contributed by atoms with Crippen LogP contribution in [0.25, 0.3) is 0 Å². The van der Waals surface area contributed by atoms with Gasteiger partial charge in [-0.15, -0.1) is 0 Å². The number of aliphatic hydroxyl groups excluding tert-OH is 5. The average molecular weight is 284 g/mol. The van der Waals surface area contributed by atoms with Crippen molar-refractivity contribution in [2.24, 2.45) is 0 Å². The second kappa shape index (κ2) is 7.99. The molecule has 10 heteroatoms. The van der Waals surface area contributed by atoms with Gasteiger partial charge in [0.15, 0.2) is 12.4 Å². The maximum atomic E-state index is 9.72. The molecule has 0 bridgehead atoms. The van der Waals surface area contributed by atoms with Gasteiger partial charge in [-0.1, -0.05) is 0 Å². The predicted molar refractivity (Wildman–Crippen MR) is 55.9 cm³/mol. The third-order valence-electron chi connectivity index (χ3n) is 2.17. The van der Waals surface area contributed by atoms with E-state index in [1.54, 1.807) is 0 Å². The molecule has 0 aromatic rings. The number of aliphatic carboxylic acids is 2. The van der Waals surface area contributed by atoms with Gasteiger partial charge >= 0.3 is 11.9 Å². The molecule has 10 nitrogen and oxygen atoms in total. The minimum absolute atomic E-state index is 0.407. The first-order valence-corrected chi connectivity index (χ1v) is 5.13. The Bertz CT molecular complexity index is 305. The van der Waals surface area contributed by atoms with Gasteiger partial charge in [0.1, 0.15) is 18.3 Å². The van der Waals surface area contributed by atoms with Gasteiger partial charge in [0.05, 0.1) is 13.0 Å². The highest BCUT2D eigenvalue weighted by atomic mass is 16.6. The lowest BCUT2D eigenvalue weighted by atomic mass is 10.1. The number of carbonyl (C=O) groups is 2. The molecule has 1 aliphatic heterocycles. The summed E-state index contributed by atoms with van der Waals surface area (Å²) in [6.45, 7) is -0.407. The Hall–Kier alpha value is -1.30. The molecule has 0 aromatic carbocycles. The molecule has 0 amide bonds. The standard InChI is InChI=1S/C5H10O5.C4H6O5/c6-1-2-3(7)4(8)5(9)10-2;5-2(4(8)9)1-3(6)7/h2-9H,1H2;2,5H,1H2,(H,6,7)(H,8,9)/t2-,3-,4-,5-;/m1./s1. The lowest BCUT2D eigenvalue weighted by Crippen LogP contribution is -2.33. The van der Waals surface area contributed by atoms with E-state index in [0.29, 0.717) is 0 Å². The van der Waals surface area contributed by atoms with E-state index >= 15 is 0 Å². The third-order valence-corrected chi connectivity index (χ3v) is 2.17. The number of rotatable bonds is 4. The van der Waals surface area contributed by atoms with E-state index in [2.05, 4.69) is 4.74 Å². The molecule has 0 saturated carbocycles.